The number of hydrogen-bond donors (Lipinski definition) is 3. The minimum atomic E-state index is -0.895. The molecule has 11 nitrogen and oxygen atoms in total. The van der Waals surface area contributed by atoms with Gasteiger partial charge in [-0.25, -0.2) is 24.3 Å². The number of amides is 1. The van der Waals surface area contributed by atoms with Crippen LogP contribution >= 0.6 is 31.9 Å². The smallest absolute Gasteiger partial charge is 0.335 e. The molecule has 2 fully saturated rings. The number of fused-ring (bicyclic) bond motifs is 2. The average Bonchev–Trinajstić information content (AvgIpc) is 4.46. The van der Waals surface area contributed by atoms with E-state index in [0.717, 1.165) is 91.9 Å². The largest absolute Gasteiger partial charge is 0.478 e. The third kappa shape index (κ3) is 12.7. The Morgan fingerprint density at radius 2 is 1.01 bits per heavy atom. The maximum atomic E-state index is 13.1. The Morgan fingerprint density at radius 1 is 0.597 bits per heavy atom. The second kappa shape index (κ2) is 24.4. The van der Waals surface area contributed by atoms with E-state index in [0.29, 0.717) is 11.1 Å². The van der Waals surface area contributed by atoms with Crippen LogP contribution in [0.25, 0.3) is 21.8 Å². The van der Waals surface area contributed by atoms with Crippen LogP contribution in [0, 0.1) is 27.7 Å². The predicted molar refractivity (Wildman–Crippen MR) is 315 cm³/mol. The highest BCUT2D eigenvalue weighted by molar-refractivity contribution is 9.10. The molecule has 0 bridgehead atoms. The minimum Gasteiger partial charge on any atom is -0.478 e. The molecule has 404 valence electrons. The van der Waals surface area contributed by atoms with E-state index in [4.69, 9.17) is 25.3 Å². The summed E-state index contributed by atoms with van der Waals surface area (Å²) in [7, 11) is 3.13. The van der Waals surface area contributed by atoms with Gasteiger partial charge < -0.3 is 25.3 Å². The molecule has 0 radical (unpaired) electrons. The van der Waals surface area contributed by atoms with Crippen molar-refractivity contribution in [2.75, 3.05) is 14.2 Å². The van der Waals surface area contributed by atoms with E-state index < -0.39 is 5.97 Å². The van der Waals surface area contributed by atoms with Gasteiger partial charge in [0, 0.05) is 77.7 Å². The molecule has 0 spiro atoms. The number of carboxylic acids is 1. The van der Waals surface area contributed by atoms with Gasteiger partial charge >= 0.3 is 5.97 Å². The Morgan fingerprint density at radius 3 is 1.40 bits per heavy atom. The maximum absolute atomic E-state index is 13.1. The molecule has 2 unspecified atom stereocenters. The van der Waals surface area contributed by atoms with Crippen molar-refractivity contribution in [3.05, 3.63) is 209 Å². The number of nitrogens with zero attached hydrogens (tertiary/aromatic N) is 2. The molecule has 2 aliphatic carbocycles. The highest BCUT2D eigenvalue weighted by Gasteiger charge is 2.51. The van der Waals surface area contributed by atoms with Crippen LogP contribution in [-0.2, 0) is 43.5 Å². The van der Waals surface area contributed by atoms with Gasteiger partial charge in [0.05, 0.1) is 38.0 Å². The molecule has 6 aromatic carbocycles. The summed E-state index contributed by atoms with van der Waals surface area (Å²) in [6.07, 6.45) is 4.53. The van der Waals surface area contributed by atoms with E-state index >= 15 is 0 Å². The summed E-state index contributed by atoms with van der Waals surface area (Å²) in [5.74, 6) is -0.964. The van der Waals surface area contributed by atoms with E-state index in [-0.39, 0.29) is 41.0 Å². The van der Waals surface area contributed by atoms with Crippen molar-refractivity contribution in [1.82, 2.24) is 14.5 Å². The Hall–Kier alpha value is -5.90. The Bertz CT molecular complexity index is 3370. The van der Waals surface area contributed by atoms with Gasteiger partial charge in [0.25, 0.3) is 5.91 Å². The minimum absolute atomic E-state index is 0.0278. The average molecular weight is 1170 g/mol. The number of carbonyl (C=O) groups excluding carboxylic acids is 1. The van der Waals surface area contributed by atoms with Crippen LogP contribution in [0.5, 0.6) is 0 Å². The number of nitrogens with two attached hydrogens (primary N) is 1. The fourth-order valence-corrected chi connectivity index (χ4v) is 11.6. The van der Waals surface area contributed by atoms with Crippen LogP contribution in [-0.4, -0.2) is 52.5 Å². The van der Waals surface area contributed by atoms with Crippen LogP contribution in [0.4, 0.5) is 0 Å². The molecule has 2 heterocycles. The molecule has 8 aromatic rings. The number of hydrogen-bond acceptors (Lipinski definition) is 7. The molecule has 10 rings (SSSR count). The summed E-state index contributed by atoms with van der Waals surface area (Å²) in [5.41, 5.74) is 21.0. The molecule has 2 aromatic heterocycles. The first-order valence-corrected chi connectivity index (χ1v) is 28.0. The van der Waals surface area contributed by atoms with Crippen molar-refractivity contribution in [1.29, 1.82) is 0 Å². The number of nitrogens with one attached hydrogen (secondary N) is 1. The van der Waals surface area contributed by atoms with Gasteiger partial charge in [0.2, 0.25) is 0 Å². The van der Waals surface area contributed by atoms with Crippen LogP contribution in [0.1, 0.15) is 142 Å². The molecule has 77 heavy (non-hydrogen) atoms. The molecule has 2 aliphatic rings. The quantitative estimate of drug-likeness (QED) is 0.0605. The number of aromatic nitrogens is 2. The number of halogens is 2. The molecule has 4 N–H and O–H groups in total. The molecular formula is C64H72Br2N4O7. The van der Waals surface area contributed by atoms with Gasteiger partial charge in [-0.05, 0) is 186 Å². The monoisotopic (exact) mass is 1170 g/mol. The molecule has 2 saturated carbocycles. The lowest BCUT2D eigenvalue weighted by molar-refractivity contribution is -0.307. The maximum Gasteiger partial charge on any atom is 0.335 e. The topological polar surface area (TPSA) is 139 Å². The number of carbonyl (C=O) groups is 2. The zero-order valence-corrected chi connectivity index (χ0v) is 49.1. The summed E-state index contributed by atoms with van der Waals surface area (Å²) < 4.78 is 6.69. The summed E-state index contributed by atoms with van der Waals surface area (Å²) in [5, 5.41) is 14.5. The lowest BCUT2D eigenvalue weighted by Gasteiger charge is -2.22. The van der Waals surface area contributed by atoms with E-state index in [1.54, 1.807) is 26.4 Å². The zero-order chi connectivity index (χ0) is 55.3. The van der Waals surface area contributed by atoms with Gasteiger partial charge in [0.15, 0.2) is 0 Å². The van der Waals surface area contributed by atoms with E-state index in [9.17, 15) is 14.7 Å². The SMILES string of the molecule is COOC(C)C1(c2ccc(Cn3c(C)c(C)c4cc(C(=O)N[C@@H](C)c5cccc(Br)c5)ccc43)cc2)CC1.COOC(C)C1(c2ccc(Cn3c(C)c(C)c4cc(C(=O)O)ccc43)cc2)CC1.C[C@H](N)c1cccc(Br)c1. The van der Waals surface area contributed by atoms with Crippen molar-refractivity contribution in [2.24, 2.45) is 5.73 Å². The third-order valence-electron chi connectivity index (χ3n) is 16.2. The first-order valence-electron chi connectivity index (χ1n) is 26.4. The number of carboxylic acid groups (broad SMARTS) is 1. The third-order valence-corrected chi connectivity index (χ3v) is 17.2. The fourth-order valence-electron chi connectivity index (χ4n) is 10.8. The van der Waals surface area contributed by atoms with E-state index in [1.165, 1.54) is 33.5 Å². The van der Waals surface area contributed by atoms with Crippen molar-refractivity contribution < 1.29 is 34.2 Å². The first-order chi connectivity index (χ1) is 36.8. The standard InChI is InChI=1S/C32H35BrN2O3.C24H27NO4.C8H10BrN/c1-20-22(3)35(19-24-9-12-27(13-10-24)32(15-16-32)23(4)38-37-5)30-14-11-26(18-29(20)30)31(36)34-21(2)25-7-6-8-28(33)17-25;1-15-16(2)25(22-10-7-19(23(26)27)13-21(15)22)14-18-5-8-20(9-6-18)24(11-12-24)17(3)29-28-4;1-6(10)7-3-2-4-8(9)5-7/h6-14,17-18,21,23H,15-16,19H2,1-5H3,(H,34,36);5-10,13,17H,11-12,14H2,1-4H3,(H,26,27);2-6H,10H2,1H3/t21-,23?;;6-/m0.0/s1. The molecule has 1 amide bonds. The summed E-state index contributed by atoms with van der Waals surface area (Å²) in [6, 6.07) is 45.2. The predicted octanol–water partition coefficient (Wildman–Crippen LogP) is 15.0. The Kier molecular flexibility index (Phi) is 18.2. The van der Waals surface area contributed by atoms with Crippen LogP contribution in [0.2, 0.25) is 0 Å². The number of rotatable bonds is 17. The molecule has 0 saturated heterocycles. The van der Waals surface area contributed by atoms with Crippen molar-refractivity contribution >= 4 is 65.5 Å². The second-order valence-electron chi connectivity index (χ2n) is 21.0. The van der Waals surface area contributed by atoms with E-state index in [2.05, 4.69) is 142 Å². The lowest BCUT2D eigenvalue weighted by Crippen LogP contribution is -2.26. The highest BCUT2D eigenvalue weighted by atomic mass is 79.9. The van der Waals surface area contributed by atoms with Gasteiger partial charge in [0.1, 0.15) is 0 Å². The Labute approximate surface area is 470 Å². The van der Waals surface area contributed by atoms with Gasteiger partial charge in [-0.1, -0.05) is 105 Å². The molecule has 4 atom stereocenters. The normalized spacial score (nSPS) is 15.6. The number of benzene rings is 6. The molecule has 0 aliphatic heterocycles. The summed E-state index contributed by atoms with van der Waals surface area (Å²) in [6.45, 7) is 18.1. The van der Waals surface area contributed by atoms with Crippen molar-refractivity contribution in [2.45, 2.75) is 129 Å². The van der Waals surface area contributed by atoms with Gasteiger partial charge in [-0.15, -0.1) is 0 Å². The van der Waals surface area contributed by atoms with Crippen LogP contribution in [0.15, 0.2) is 142 Å². The van der Waals surface area contributed by atoms with Crippen molar-refractivity contribution in [3.8, 4) is 0 Å². The van der Waals surface area contributed by atoms with Gasteiger partial charge in [-0.3, -0.25) is 4.79 Å². The van der Waals surface area contributed by atoms with Crippen LogP contribution < -0.4 is 11.1 Å². The summed E-state index contributed by atoms with van der Waals surface area (Å²) >= 11 is 6.89. The Balaban J connectivity index is 0.000000177. The highest BCUT2D eigenvalue weighted by Crippen LogP contribution is 2.53. The van der Waals surface area contributed by atoms with Crippen LogP contribution in [0.3, 0.4) is 0 Å². The summed E-state index contributed by atoms with van der Waals surface area (Å²) in [4.78, 5) is 45.1. The van der Waals surface area contributed by atoms with Gasteiger partial charge in [-0.2, -0.15) is 0 Å². The van der Waals surface area contributed by atoms with E-state index in [1.807, 2.05) is 80.6 Å². The lowest BCUT2D eigenvalue weighted by atomic mass is 9.90. The number of aromatic carboxylic acids is 1. The first kappa shape index (κ1) is 57.3. The fraction of sp³-hybridized carbons (Fsp3) is 0.344. The van der Waals surface area contributed by atoms with Crippen molar-refractivity contribution in [3.63, 3.8) is 0 Å². The molecule has 13 heteroatoms. The zero-order valence-electron chi connectivity index (χ0n) is 45.9. The second-order valence-corrected chi connectivity index (χ2v) is 22.8. The molecular weight excluding hydrogens is 1100 g/mol. The number of aryl methyl sites for hydroxylation is 2.